The van der Waals surface area contributed by atoms with E-state index in [9.17, 15) is 4.79 Å². The Morgan fingerprint density at radius 2 is 2.05 bits per heavy atom. The van der Waals surface area contributed by atoms with E-state index in [4.69, 9.17) is 5.73 Å². The molecule has 1 atom stereocenters. The normalized spacial score (nSPS) is 16.1. The number of carbonyl (C=O) groups excluding carboxylic acids is 1. The Labute approximate surface area is 115 Å². The van der Waals surface area contributed by atoms with Crippen LogP contribution in [0.2, 0.25) is 0 Å². The van der Waals surface area contributed by atoms with E-state index in [2.05, 4.69) is 17.4 Å². The summed E-state index contributed by atoms with van der Waals surface area (Å²) in [5.74, 6) is 0.926. The van der Waals surface area contributed by atoms with Crippen molar-refractivity contribution >= 4 is 5.91 Å². The lowest BCUT2D eigenvalue weighted by molar-refractivity contribution is -0.122. The monoisotopic (exact) mass is 260 g/mol. The van der Waals surface area contributed by atoms with Crippen molar-refractivity contribution in [1.29, 1.82) is 0 Å². The molecule has 2 rings (SSSR count). The fourth-order valence-corrected chi connectivity index (χ4v) is 2.24. The molecule has 1 amide bonds. The van der Waals surface area contributed by atoms with Crippen LogP contribution >= 0.6 is 0 Å². The summed E-state index contributed by atoms with van der Waals surface area (Å²) in [6.07, 6.45) is 6.66. The molecule has 1 aliphatic rings. The maximum absolute atomic E-state index is 11.8. The van der Waals surface area contributed by atoms with Crippen LogP contribution < -0.4 is 11.1 Å². The van der Waals surface area contributed by atoms with E-state index >= 15 is 0 Å². The number of hydrogen-bond acceptors (Lipinski definition) is 2. The SMILES string of the molecule is NC(CCc1ccccc1)C(=O)NCCCC1CC1. The van der Waals surface area contributed by atoms with Gasteiger partial charge in [0.05, 0.1) is 6.04 Å². The molecule has 19 heavy (non-hydrogen) atoms. The summed E-state index contributed by atoms with van der Waals surface area (Å²) >= 11 is 0. The fourth-order valence-electron chi connectivity index (χ4n) is 2.24. The molecule has 1 unspecified atom stereocenters. The third-order valence-electron chi connectivity index (χ3n) is 3.71. The lowest BCUT2D eigenvalue weighted by atomic mass is 10.1. The molecule has 0 aliphatic heterocycles. The highest BCUT2D eigenvalue weighted by Gasteiger charge is 2.20. The average Bonchev–Trinajstić information content (AvgIpc) is 3.26. The molecule has 0 radical (unpaired) electrons. The van der Waals surface area contributed by atoms with Gasteiger partial charge in [-0.3, -0.25) is 4.79 Å². The molecule has 0 saturated heterocycles. The van der Waals surface area contributed by atoms with Crippen molar-refractivity contribution in [3.8, 4) is 0 Å². The summed E-state index contributed by atoms with van der Waals surface area (Å²) in [6, 6.07) is 9.77. The number of nitrogens with one attached hydrogen (secondary N) is 1. The molecule has 0 spiro atoms. The predicted octanol–water partition coefficient (Wildman–Crippen LogP) is 2.25. The Hall–Kier alpha value is -1.35. The van der Waals surface area contributed by atoms with Crippen LogP contribution in [0.5, 0.6) is 0 Å². The number of amides is 1. The molecule has 1 fully saturated rings. The fraction of sp³-hybridized carbons (Fsp3) is 0.562. The van der Waals surface area contributed by atoms with Crippen molar-refractivity contribution < 1.29 is 4.79 Å². The van der Waals surface area contributed by atoms with Crippen LogP contribution in [-0.2, 0) is 11.2 Å². The van der Waals surface area contributed by atoms with Gasteiger partial charge in [0.15, 0.2) is 0 Å². The minimum absolute atomic E-state index is 0.00766. The largest absolute Gasteiger partial charge is 0.355 e. The zero-order valence-corrected chi connectivity index (χ0v) is 11.5. The first-order valence-corrected chi connectivity index (χ1v) is 7.33. The first-order chi connectivity index (χ1) is 9.25. The topological polar surface area (TPSA) is 55.1 Å². The van der Waals surface area contributed by atoms with Crippen molar-refractivity contribution in [1.82, 2.24) is 5.32 Å². The third-order valence-corrected chi connectivity index (χ3v) is 3.71. The van der Waals surface area contributed by atoms with Crippen LogP contribution in [0.25, 0.3) is 0 Å². The maximum atomic E-state index is 11.8. The number of aryl methyl sites for hydroxylation is 1. The Kier molecular flexibility index (Phi) is 5.40. The predicted molar refractivity (Wildman–Crippen MR) is 77.7 cm³/mol. The summed E-state index contributed by atoms with van der Waals surface area (Å²) in [6.45, 7) is 0.772. The lowest BCUT2D eigenvalue weighted by Gasteiger charge is -2.12. The molecule has 3 N–H and O–H groups in total. The molecule has 104 valence electrons. The summed E-state index contributed by atoms with van der Waals surface area (Å²) in [4.78, 5) is 11.8. The molecule has 0 bridgehead atoms. The summed E-state index contributed by atoms with van der Waals surface area (Å²) in [7, 11) is 0. The molecular formula is C16H24N2O. The number of carbonyl (C=O) groups is 1. The molecule has 1 aromatic rings. The van der Waals surface area contributed by atoms with Crippen molar-refractivity contribution in [3.05, 3.63) is 35.9 Å². The van der Waals surface area contributed by atoms with Crippen LogP contribution in [0, 0.1) is 5.92 Å². The van der Waals surface area contributed by atoms with E-state index in [1.165, 1.54) is 24.8 Å². The minimum Gasteiger partial charge on any atom is -0.355 e. The van der Waals surface area contributed by atoms with Crippen LogP contribution in [-0.4, -0.2) is 18.5 Å². The highest BCUT2D eigenvalue weighted by atomic mass is 16.2. The Balaban J connectivity index is 1.58. The lowest BCUT2D eigenvalue weighted by Crippen LogP contribution is -2.41. The zero-order chi connectivity index (χ0) is 13.5. The summed E-state index contributed by atoms with van der Waals surface area (Å²) < 4.78 is 0. The van der Waals surface area contributed by atoms with Crippen molar-refractivity contribution in [2.45, 2.75) is 44.6 Å². The first-order valence-electron chi connectivity index (χ1n) is 7.33. The van der Waals surface area contributed by atoms with Gasteiger partial charge in [-0.15, -0.1) is 0 Å². The van der Waals surface area contributed by atoms with Gasteiger partial charge < -0.3 is 11.1 Å². The maximum Gasteiger partial charge on any atom is 0.236 e. The molecule has 1 aliphatic carbocycles. The quantitative estimate of drug-likeness (QED) is 0.704. The highest BCUT2D eigenvalue weighted by Crippen LogP contribution is 2.33. The summed E-state index contributed by atoms with van der Waals surface area (Å²) in [5, 5.41) is 2.94. The van der Waals surface area contributed by atoms with E-state index in [0.717, 1.165) is 25.3 Å². The van der Waals surface area contributed by atoms with Gasteiger partial charge in [0, 0.05) is 6.54 Å². The Morgan fingerprint density at radius 3 is 2.74 bits per heavy atom. The average molecular weight is 260 g/mol. The smallest absolute Gasteiger partial charge is 0.236 e. The number of hydrogen-bond donors (Lipinski definition) is 2. The van der Waals surface area contributed by atoms with E-state index in [1.54, 1.807) is 0 Å². The third kappa shape index (κ3) is 5.43. The van der Waals surface area contributed by atoms with Gasteiger partial charge in [-0.05, 0) is 37.2 Å². The van der Waals surface area contributed by atoms with Gasteiger partial charge >= 0.3 is 0 Å². The van der Waals surface area contributed by atoms with Gasteiger partial charge in [-0.2, -0.15) is 0 Å². The molecule has 1 aromatic carbocycles. The molecular weight excluding hydrogens is 236 g/mol. The first kappa shape index (κ1) is 14.1. The van der Waals surface area contributed by atoms with Crippen LogP contribution in [0.15, 0.2) is 30.3 Å². The van der Waals surface area contributed by atoms with Gasteiger partial charge in [0.1, 0.15) is 0 Å². The van der Waals surface area contributed by atoms with E-state index in [-0.39, 0.29) is 11.9 Å². The second-order valence-corrected chi connectivity index (χ2v) is 5.51. The van der Waals surface area contributed by atoms with Gasteiger partial charge in [0.25, 0.3) is 0 Å². The van der Waals surface area contributed by atoms with Crippen LogP contribution in [0.1, 0.15) is 37.7 Å². The van der Waals surface area contributed by atoms with E-state index < -0.39 is 0 Å². The Bertz CT molecular complexity index is 387. The van der Waals surface area contributed by atoms with Crippen molar-refractivity contribution in [2.75, 3.05) is 6.54 Å². The second kappa shape index (κ2) is 7.29. The van der Waals surface area contributed by atoms with Gasteiger partial charge in [-0.25, -0.2) is 0 Å². The molecule has 0 aromatic heterocycles. The molecule has 1 saturated carbocycles. The van der Waals surface area contributed by atoms with Crippen molar-refractivity contribution in [3.63, 3.8) is 0 Å². The van der Waals surface area contributed by atoms with Crippen molar-refractivity contribution in [2.24, 2.45) is 11.7 Å². The number of nitrogens with two attached hydrogens (primary N) is 1. The molecule has 3 heteroatoms. The number of rotatable bonds is 8. The minimum atomic E-state index is -0.388. The Morgan fingerprint density at radius 1 is 1.32 bits per heavy atom. The van der Waals surface area contributed by atoms with Crippen LogP contribution in [0.4, 0.5) is 0 Å². The van der Waals surface area contributed by atoms with Gasteiger partial charge in [0.2, 0.25) is 5.91 Å². The van der Waals surface area contributed by atoms with Crippen LogP contribution in [0.3, 0.4) is 0 Å². The molecule has 3 nitrogen and oxygen atoms in total. The van der Waals surface area contributed by atoms with E-state index in [1.807, 2.05) is 18.2 Å². The number of benzene rings is 1. The van der Waals surface area contributed by atoms with E-state index in [0.29, 0.717) is 6.42 Å². The highest BCUT2D eigenvalue weighted by molar-refractivity contribution is 5.81. The second-order valence-electron chi connectivity index (χ2n) is 5.51. The standard InChI is InChI=1S/C16H24N2O/c17-15(11-10-13-5-2-1-3-6-13)16(19)18-12-4-7-14-8-9-14/h1-3,5-6,14-15H,4,7-12,17H2,(H,18,19). The molecule has 0 heterocycles. The summed E-state index contributed by atoms with van der Waals surface area (Å²) in [5.41, 5.74) is 7.14. The zero-order valence-electron chi connectivity index (χ0n) is 11.5. The van der Waals surface area contributed by atoms with Gasteiger partial charge in [-0.1, -0.05) is 43.2 Å².